The molecule has 0 amide bonds. The topological polar surface area (TPSA) is 19.9 Å². The maximum absolute atomic E-state index is 10.8. The summed E-state index contributed by atoms with van der Waals surface area (Å²) in [6.07, 6.45) is 7.45. The molecule has 1 nitrogen and oxygen atoms in total. The first-order valence-corrected chi connectivity index (χ1v) is 4.12. The van der Waals surface area contributed by atoms with Crippen LogP contribution in [0.3, 0.4) is 0 Å². The lowest BCUT2D eigenvalue weighted by molar-refractivity contribution is 0.0882. The van der Waals surface area contributed by atoms with Gasteiger partial charge in [-0.25, -0.2) is 5.11 Å². The first-order valence-electron chi connectivity index (χ1n) is 4.12. The molecule has 0 N–H and O–H groups in total. The summed E-state index contributed by atoms with van der Waals surface area (Å²) >= 11 is 0. The van der Waals surface area contributed by atoms with E-state index in [9.17, 15) is 5.11 Å². The molecule has 59 valence electrons. The second kappa shape index (κ2) is 6.81. The molecule has 1 atom stereocenters. The molecular formula is C9H17O. The maximum Gasteiger partial charge on any atom is 0.0961 e. The molecule has 1 unspecified atom stereocenters. The van der Waals surface area contributed by atoms with Gasteiger partial charge >= 0.3 is 0 Å². The summed E-state index contributed by atoms with van der Waals surface area (Å²) < 4.78 is 0. The molecular weight excluding hydrogens is 124 g/mol. The van der Waals surface area contributed by atoms with E-state index in [0.29, 0.717) is 6.42 Å². The van der Waals surface area contributed by atoms with Crippen molar-refractivity contribution in [2.75, 3.05) is 0 Å². The molecule has 0 saturated carbocycles. The van der Waals surface area contributed by atoms with Crippen molar-refractivity contribution in [2.24, 2.45) is 0 Å². The Bertz CT molecular complexity index is 86.7. The molecule has 0 aliphatic heterocycles. The molecule has 0 aromatic rings. The molecule has 10 heavy (non-hydrogen) atoms. The molecule has 1 heteroatoms. The fourth-order valence-electron chi connectivity index (χ4n) is 0.699. The van der Waals surface area contributed by atoms with Gasteiger partial charge in [0.05, 0.1) is 6.10 Å². The Labute approximate surface area is 63.8 Å². The number of hydrogen-bond acceptors (Lipinski definition) is 0. The summed E-state index contributed by atoms with van der Waals surface area (Å²) in [5, 5.41) is 10.8. The van der Waals surface area contributed by atoms with Gasteiger partial charge in [0, 0.05) is 0 Å². The predicted molar refractivity (Wildman–Crippen MR) is 43.4 cm³/mol. The van der Waals surface area contributed by atoms with Crippen LogP contribution in [0.15, 0.2) is 12.2 Å². The zero-order valence-corrected chi connectivity index (χ0v) is 6.97. The number of rotatable bonds is 5. The molecule has 0 aromatic carbocycles. The Balaban J connectivity index is 3.16. The first kappa shape index (κ1) is 9.70. The van der Waals surface area contributed by atoms with Gasteiger partial charge < -0.3 is 0 Å². The highest BCUT2D eigenvalue weighted by atomic mass is 16.3. The molecule has 0 saturated heterocycles. The van der Waals surface area contributed by atoms with E-state index in [1.807, 2.05) is 13.0 Å². The quantitative estimate of drug-likeness (QED) is 0.524. The van der Waals surface area contributed by atoms with Crippen LogP contribution in [0.4, 0.5) is 0 Å². The van der Waals surface area contributed by atoms with Gasteiger partial charge in [-0.05, 0) is 19.3 Å². The second-order valence-electron chi connectivity index (χ2n) is 2.53. The van der Waals surface area contributed by atoms with Crippen molar-refractivity contribution in [1.29, 1.82) is 0 Å². The lowest BCUT2D eigenvalue weighted by atomic mass is 10.2. The zero-order valence-electron chi connectivity index (χ0n) is 6.97. The van der Waals surface area contributed by atoms with E-state index in [1.165, 1.54) is 6.42 Å². The normalized spacial score (nSPS) is 14.3. The highest BCUT2D eigenvalue weighted by Crippen LogP contribution is 1.99. The summed E-state index contributed by atoms with van der Waals surface area (Å²) in [7, 11) is 0. The maximum atomic E-state index is 10.8. The van der Waals surface area contributed by atoms with Crippen LogP contribution in [-0.2, 0) is 5.11 Å². The highest BCUT2D eigenvalue weighted by Gasteiger charge is 1.96. The number of allylic oxidation sites excluding steroid dienone is 1. The van der Waals surface area contributed by atoms with Crippen molar-refractivity contribution in [1.82, 2.24) is 0 Å². The van der Waals surface area contributed by atoms with Crippen LogP contribution in [0.25, 0.3) is 0 Å². The molecule has 0 bridgehead atoms. The first-order chi connectivity index (χ1) is 4.81. The SMILES string of the molecule is CCC/C=C/CC([O])CC. The largest absolute Gasteiger partial charge is 0.233 e. The average molecular weight is 141 g/mol. The second-order valence-corrected chi connectivity index (χ2v) is 2.53. The van der Waals surface area contributed by atoms with Crippen molar-refractivity contribution in [3.05, 3.63) is 12.2 Å². The molecule has 0 aliphatic carbocycles. The van der Waals surface area contributed by atoms with Crippen molar-refractivity contribution < 1.29 is 5.11 Å². The fourth-order valence-corrected chi connectivity index (χ4v) is 0.699. The Kier molecular flexibility index (Phi) is 6.61. The number of hydrogen-bond donors (Lipinski definition) is 0. The van der Waals surface area contributed by atoms with Crippen LogP contribution in [0.5, 0.6) is 0 Å². The lowest BCUT2D eigenvalue weighted by Gasteiger charge is -1.97. The molecule has 0 fully saturated rings. The standard InChI is InChI=1S/C9H17O/c1-3-5-6-7-8-9(10)4-2/h6-7,9H,3-5,8H2,1-2H3/b7-6+. The Morgan fingerprint density at radius 3 is 2.50 bits per heavy atom. The minimum atomic E-state index is -0.381. The molecule has 0 aromatic heterocycles. The van der Waals surface area contributed by atoms with Crippen molar-refractivity contribution in [3.8, 4) is 0 Å². The third kappa shape index (κ3) is 5.83. The minimum absolute atomic E-state index is 0.381. The average Bonchev–Trinajstić information content (AvgIpc) is 1.98. The summed E-state index contributed by atoms with van der Waals surface area (Å²) in [6, 6.07) is 0. The zero-order chi connectivity index (χ0) is 7.82. The van der Waals surface area contributed by atoms with E-state index in [4.69, 9.17) is 0 Å². The van der Waals surface area contributed by atoms with E-state index in [-0.39, 0.29) is 6.10 Å². The summed E-state index contributed by atoms with van der Waals surface area (Å²) in [4.78, 5) is 0. The van der Waals surface area contributed by atoms with E-state index in [1.54, 1.807) is 0 Å². The van der Waals surface area contributed by atoms with Gasteiger partial charge in [-0.2, -0.15) is 0 Å². The van der Waals surface area contributed by atoms with Crippen molar-refractivity contribution >= 4 is 0 Å². The van der Waals surface area contributed by atoms with Crippen LogP contribution in [0.2, 0.25) is 0 Å². The Hall–Kier alpha value is -0.300. The van der Waals surface area contributed by atoms with E-state index >= 15 is 0 Å². The predicted octanol–water partition coefficient (Wildman–Crippen LogP) is 2.94. The summed E-state index contributed by atoms with van der Waals surface area (Å²) in [5.74, 6) is 0. The van der Waals surface area contributed by atoms with E-state index in [0.717, 1.165) is 12.8 Å². The van der Waals surface area contributed by atoms with Crippen LogP contribution in [0, 0.1) is 0 Å². The van der Waals surface area contributed by atoms with E-state index < -0.39 is 0 Å². The Morgan fingerprint density at radius 2 is 2.00 bits per heavy atom. The van der Waals surface area contributed by atoms with Gasteiger partial charge in [-0.3, -0.25) is 0 Å². The van der Waals surface area contributed by atoms with E-state index in [2.05, 4.69) is 13.0 Å². The molecule has 0 spiro atoms. The van der Waals surface area contributed by atoms with Gasteiger partial charge in [0.15, 0.2) is 0 Å². The van der Waals surface area contributed by atoms with Crippen LogP contribution in [-0.4, -0.2) is 6.10 Å². The molecule has 1 radical (unpaired) electrons. The molecule has 0 aliphatic rings. The van der Waals surface area contributed by atoms with Gasteiger partial charge in [0.25, 0.3) is 0 Å². The third-order valence-electron chi connectivity index (χ3n) is 1.48. The minimum Gasteiger partial charge on any atom is -0.233 e. The van der Waals surface area contributed by atoms with Gasteiger partial charge in [0.2, 0.25) is 0 Å². The fraction of sp³-hybridized carbons (Fsp3) is 0.778. The van der Waals surface area contributed by atoms with Crippen molar-refractivity contribution in [2.45, 2.75) is 45.6 Å². The third-order valence-corrected chi connectivity index (χ3v) is 1.48. The lowest BCUT2D eigenvalue weighted by Crippen LogP contribution is -1.98. The highest BCUT2D eigenvalue weighted by molar-refractivity contribution is 4.83. The van der Waals surface area contributed by atoms with Crippen LogP contribution >= 0.6 is 0 Å². The summed E-state index contributed by atoms with van der Waals surface area (Å²) in [6.45, 7) is 4.07. The summed E-state index contributed by atoms with van der Waals surface area (Å²) in [5.41, 5.74) is 0. The van der Waals surface area contributed by atoms with Crippen LogP contribution in [0.1, 0.15) is 39.5 Å². The Morgan fingerprint density at radius 1 is 1.30 bits per heavy atom. The molecule has 0 heterocycles. The van der Waals surface area contributed by atoms with Crippen molar-refractivity contribution in [3.63, 3.8) is 0 Å². The smallest absolute Gasteiger partial charge is 0.0961 e. The van der Waals surface area contributed by atoms with Crippen LogP contribution < -0.4 is 0 Å². The monoisotopic (exact) mass is 141 g/mol. The molecule has 0 rings (SSSR count). The number of unbranched alkanes of at least 4 members (excludes halogenated alkanes) is 1. The van der Waals surface area contributed by atoms with Gasteiger partial charge in [-0.15, -0.1) is 0 Å². The van der Waals surface area contributed by atoms with Gasteiger partial charge in [-0.1, -0.05) is 32.4 Å². The van der Waals surface area contributed by atoms with Gasteiger partial charge in [0.1, 0.15) is 0 Å².